The fraction of sp³-hybridized carbons (Fsp3) is 0.292. The number of aromatic amines is 1. The summed E-state index contributed by atoms with van der Waals surface area (Å²) < 4.78 is 5.33. The van der Waals surface area contributed by atoms with Gasteiger partial charge in [-0.15, -0.1) is 0 Å². The highest BCUT2D eigenvalue weighted by Crippen LogP contribution is 2.25. The Bertz CT molecular complexity index is 988. The normalized spacial score (nSPS) is 14.2. The zero-order valence-corrected chi connectivity index (χ0v) is 16.3. The number of aromatic nitrogens is 1. The van der Waals surface area contributed by atoms with E-state index in [0.717, 1.165) is 37.1 Å². The van der Waals surface area contributed by atoms with E-state index >= 15 is 0 Å². The summed E-state index contributed by atoms with van der Waals surface area (Å²) in [4.78, 5) is 17.9. The summed E-state index contributed by atoms with van der Waals surface area (Å²) in [6.07, 6.45) is 7.50. The third kappa shape index (κ3) is 3.96. The van der Waals surface area contributed by atoms with Gasteiger partial charge in [-0.05, 0) is 54.2 Å². The minimum absolute atomic E-state index is 0.251. The second-order valence-electron chi connectivity index (χ2n) is 7.26. The zero-order chi connectivity index (χ0) is 19.3. The van der Waals surface area contributed by atoms with E-state index in [4.69, 9.17) is 4.74 Å². The lowest BCUT2D eigenvalue weighted by molar-refractivity contribution is -0.130. The number of ether oxygens (including phenoxy) is 1. The smallest absolute Gasteiger partial charge is 0.222 e. The molecule has 28 heavy (non-hydrogen) atoms. The molecule has 1 amide bonds. The fourth-order valence-corrected chi connectivity index (χ4v) is 3.89. The number of hydrogen-bond acceptors (Lipinski definition) is 2. The number of nitrogens with zero attached hydrogens (tertiary/aromatic N) is 1. The predicted molar refractivity (Wildman–Crippen MR) is 113 cm³/mol. The number of H-pyrrole nitrogens is 1. The van der Waals surface area contributed by atoms with Crippen molar-refractivity contribution < 1.29 is 9.53 Å². The van der Waals surface area contributed by atoms with Crippen LogP contribution in [0.2, 0.25) is 0 Å². The van der Waals surface area contributed by atoms with Crippen molar-refractivity contribution in [1.29, 1.82) is 0 Å². The number of benzene rings is 2. The van der Waals surface area contributed by atoms with E-state index in [2.05, 4.69) is 41.4 Å². The Morgan fingerprint density at radius 2 is 2.04 bits per heavy atom. The molecule has 0 atom stereocenters. The average molecular weight is 374 g/mol. The molecule has 1 aromatic heterocycles. The molecule has 2 aromatic carbocycles. The Labute approximate surface area is 165 Å². The van der Waals surface area contributed by atoms with Gasteiger partial charge in [0.05, 0.1) is 7.11 Å². The van der Waals surface area contributed by atoms with Crippen LogP contribution in [-0.2, 0) is 11.2 Å². The van der Waals surface area contributed by atoms with E-state index in [1.54, 1.807) is 7.11 Å². The highest BCUT2D eigenvalue weighted by atomic mass is 16.5. The Hall–Kier alpha value is -3.01. The van der Waals surface area contributed by atoms with Gasteiger partial charge in [-0.2, -0.15) is 0 Å². The number of methoxy groups -OCH3 is 1. The van der Waals surface area contributed by atoms with Crippen LogP contribution in [0, 0.1) is 0 Å². The number of nitrogens with one attached hydrogen (secondary N) is 1. The maximum atomic E-state index is 12.6. The molecule has 1 aliphatic heterocycles. The van der Waals surface area contributed by atoms with Crippen molar-refractivity contribution in [2.24, 2.45) is 0 Å². The van der Waals surface area contributed by atoms with Crippen LogP contribution in [0.4, 0.5) is 0 Å². The number of carbonyl (C=O) groups is 1. The standard InChI is InChI=1S/C24H26N2O2/c1-28-21-10-11-23-22(16-21)20(17-25-23)8-5-9-24(27)26-14-12-19(13-15-26)18-6-3-2-4-7-18/h2-4,6-7,10-12,16-17,25H,5,8-9,13-15H2,1H3. The molecule has 0 saturated carbocycles. The fourth-order valence-electron chi connectivity index (χ4n) is 3.89. The van der Waals surface area contributed by atoms with Crippen molar-refractivity contribution in [3.63, 3.8) is 0 Å². The number of fused-ring (bicyclic) bond motifs is 1. The highest BCUT2D eigenvalue weighted by molar-refractivity contribution is 5.84. The van der Waals surface area contributed by atoms with Gasteiger partial charge in [-0.25, -0.2) is 0 Å². The van der Waals surface area contributed by atoms with Crippen LogP contribution in [0.25, 0.3) is 16.5 Å². The predicted octanol–water partition coefficient (Wildman–Crippen LogP) is 4.82. The Morgan fingerprint density at radius 3 is 2.79 bits per heavy atom. The molecule has 0 unspecified atom stereocenters. The first-order valence-electron chi connectivity index (χ1n) is 9.91. The Morgan fingerprint density at radius 1 is 1.18 bits per heavy atom. The molecule has 3 aromatic rings. The molecule has 0 aliphatic carbocycles. The summed E-state index contributed by atoms with van der Waals surface area (Å²) >= 11 is 0. The van der Waals surface area contributed by atoms with Crippen molar-refractivity contribution in [2.75, 3.05) is 20.2 Å². The third-order valence-corrected chi connectivity index (χ3v) is 5.52. The number of rotatable bonds is 6. The third-order valence-electron chi connectivity index (χ3n) is 5.52. The molecular formula is C24H26N2O2. The number of hydrogen-bond donors (Lipinski definition) is 1. The average Bonchev–Trinajstić information content (AvgIpc) is 3.16. The molecule has 4 rings (SSSR count). The molecule has 4 heteroatoms. The van der Waals surface area contributed by atoms with E-state index in [-0.39, 0.29) is 5.91 Å². The van der Waals surface area contributed by atoms with Gasteiger partial charge in [-0.1, -0.05) is 36.4 Å². The van der Waals surface area contributed by atoms with Crippen molar-refractivity contribution in [3.8, 4) is 5.75 Å². The number of aryl methyl sites for hydroxylation is 1. The molecule has 1 aliphatic rings. The van der Waals surface area contributed by atoms with Gasteiger partial charge in [0.2, 0.25) is 5.91 Å². The van der Waals surface area contributed by atoms with Gasteiger partial charge in [0.25, 0.3) is 0 Å². The zero-order valence-electron chi connectivity index (χ0n) is 16.3. The molecule has 0 fully saturated rings. The van der Waals surface area contributed by atoms with E-state index in [9.17, 15) is 4.79 Å². The number of amides is 1. The quantitative estimate of drug-likeness (QED) is 0.673. The van der Waals surface area contributed by atoms with Gasteiger partial charge in [0.1, 0.15) is 5.75 Å². The van der Waals surface area contributed by atoms with Crippen LogP contribution >= 0.6 is 0 Å². The monoisotopic (exact) mass is 374 g/mol. The van der Waals surface area contributed by atoms with Crippen LogP contribution in [0.3, 0.4) is 0 Å². The lowest BCUT2D eigenvalue weighted by atomic mass is 9.99. The van der Waals surface area contributed by atoms with E-state index < -0.39 is 0 Å². The summed E-state index contributed by atoms with van der Waals surface area (Å²) in [5.74, 6) is 1.11. The van der Waals surface area contributed by atoms with E-state index in [0.29, 0.717) is 13.0 Å². The van der Waals surface area contributed by atoms with Gasteiger partial charge in [0.15, 0.2) is 0 Å². The largest absolute Gasteiger partial charge is 0.497 e. The summed E-state index contributed by atoms with van der Waals surface area (Å²) in [6.45, 7) is 1.52. The Kier molecular flexibility index (Phi) is 5.47. The lowest BCUT2D eigenvalue weighted by Crippen LogP contribution is -2.34. The van der Waals surface area contributed by atoms with Crippen LogP contribution < -0.4 is 4.74 Å². The summed E-state index contributed by atoms with van der Waals surface area (Å²) in [5, 5.41) is 1.18. The second kappa shape index (κ2) is 8.34. The Balaban J connectivity index is 1.31. The van der Waals surface area contributed by atoms with Crippen molar-refractivity contribution in [1.82, 2.24) is 9.88 Å². The first-order valence-corrected chi connectivity index (χ1v) is 9.91. The maximum absolute atomic E-state index is 12.6. The molecule has 0 saturated heterocycles. The summed E-state index contributed by atoms with van der Waals surface area (Å²) in [6, 6.07) is 16.5. The van der Waals surface area contributed by atoms with E-state index in [1.165, 1.54) is 22.1 Å². The molecule has 0 bridgehead atoms. The van der Waals surface area contributed by atoms with Crippen LogP contribution in [0.1, 0.15) is 30.4 Å². The van der Waals surface area contributed by atoms with Crippen LogP contribution in [0.15, 0.2) is 60.8 Å². The minimum Gasteiger partial charge on any atom is -0.497 e. The lowest BCUT2D eigenvalue weighted by Gasteiger charge is -2.26. The molecule has 2 heterocycles. The molecular weight excluding hydrogens is 348 g/mol. The maximum Gasteiger partial charge on any atom is 0.222 e. The first-order chi connectivity index (χ1) is 13.7. The molecule has 0 radical (unpaired) electrons. The van der Waals surface area contributed by atoms with Crippen LogP contribution in [-0.4, -0.2) is 36.0 Å². The van der Waals surface area contributed by atoms with Gasteiger partial charge >= 0.3 is 0 Å². The van der Waals surface area contributed by atoms with Gasteiger partial charge < -0.3 is 14.6 Å². The second-order valence-corrected chi connectivity index (χ2v) is 7.26. The molecule has 1 N–H and O–H groups in total. The topological polar surface area (TPSA) is 45.3 Å². The SMILES string of the molecule is COc1ccc2[nH]cc(CCCC(=O)N3CC=C(c4ccccc4)CC3)c2c1. The molecule has 4 nitrogen and oxygen atoms in total. The summed E-state index contributed by atoms with van der Waals surface area (Å²) in [5.41, 5.74) is 4.96. The summed E-state index contributed by atoms with van der Waals surface area (Å²) in [7, 11) is 1.68. The minimum atomic E-state index is 0.251. The molecule has 144 valence electrons. The van der Waals surface area contributed by atoms with Gasteiger partial charge in [-0.3, -0.25) is 4.79 Å². The molecule has 0 spiro atoms. The highest BCUT2D eigenvalue weighted by Gasteiger charge is 2.17. The van der Waals surface area contributed by atoms with Crippen molar-refractivity contribution >= 4 is 22.4 Å². The first kappa shape index (κ1) is 18.4. The van der Waals surface area contributed by atoms with Gasteiger partial charge in [0, 0.05) is 36.6 Å². The van der Waals surface area contributed by atoms with E-state index in [1.807, 2.05) is 29.3 Å². The number of carbonyl (C=O) groups excluding carboxylic acids is 1. The van der Waals surface area contributed by atoms with Crippen molar-refractivity contribution in [3.05, 3.63) is 71.9 Å². The van der Waals surface area contributed by atoms with Crippen molar-refractivity contribution in [2.45, 2.75) is 25.7 Å². The van der Waals surface area contributed by atoms with Crippen LogP contribution in [0.5, 0.6) is 5.75 Å².